The van der Waals surface area contributed by atoms with Crippen LogP contribution in [0, 0.1) is 20.8 Å². The van der Waals surface area contributed by atoms with Crippen molar-refractivity contribution in [3.63, 3.8) is 0 Å². The predicted octanol–water partition coefficient (Wildman–Crippen LogP) is 3.42. The number of hydrogen-bond donors (Lipinski definition) is 1. The molecule has 0 aliphatic carbocycles. The fraction of sp³-hybridized carbons (Fsp3) is 0.579. The summed E-state index contributed by atoms with van der Waals surface area (Å²) in [5, 5.41) is 9.52. The highest BCUT2D eigenvalue weighted by Crippen LogP contribution is 2.32. The molecule has 0 bridgehead atoms. The number of hydrogen-bond acceptors (Lipinski definition) is 4. The summed E-state index contributed by atoms with van der Waals surface area (Å²) < 4.78 is 46.6. The van der Waals surface area contributed by atoms with Gasteiger partial charge in [0.1, 0.15) is 5.60 Å². The maximum Gasteiger partial charge on any atom is 0.510 e. The number of anilines is 1. The van der Waals surface area contributed by atoms with Gasteiger partial charge in [0.05, 0.1) is 5.56 Å². The van der Waals surface area contributed by atoms with Crippen molar-refractivity contribution in [1.82, 2.24) is 4.90 Å². The number of halogens is 3. The fourth-order valence-electron chi connectivity index (χ4n) is 3.95. The maximum atomic E-state index is 13.7. The quantitative estimate of drug-likeness (QED) is 0.767. The zero-order valence-electron chi connectivity index (χ0n) is 17.6. The van der Waals surface area contributed by atoms with E-state index in [0.29, 0.717) is 5.56 Å². The van der Waals surface area contributed by atoms with E-state index in [9.17, 15) is 27.6 Å². The molecule has 1 N–H and O–H groups in total. The van der Waals surface area contributed by atoms with Crippen molar-refractivity contribution >= 4 is 30.2 Å². The Kier molecular flexibility index (Phi) is 6.16. The SMILES string of the molecule is Cc1c(C(=O)O)c(C)c([B-](F)(F)F)c(C)c1N1CCN(C(=O)OC(C)(C)C)CC1. The lowest BCUT2D eigenvalue weighted by atomic mass is 9.71. The van der Waals surface area contributed by atoms with Crippen LogP contribution < -0.4 is 10.4 Å². The highest BCUT2D eigenvalue weighted by atomic mass is 19.4. The van der Waals surface area contributed by atoms with E-state index < -0.39 is 30.1 Å². The third-order valence-corrected chi connectivity index (χ3v) is 5.06. The summed E-state index contributed by atoms with van der Waals surface area (Å²) in [4.78, 5) is 27.2. The summed E-state index contributed by atoms with van der Waals surface area (Å²) in [7, 11) is 0. The van der Waals surface area contributed by atoms with Gasteiger partial charge in [0.2, 0.25) is 0 Å². The Morgan fingerprint density at radius 1 is 0.966 bits per heavy atom. The molecule has 1 heterocycles. The van der Waals surface area contributed by atoms with Gasteiger partial charge in [-0.1, -0.05) is 16.6 Å². The van der Waals surface area contributed by atoms with Gasteiger partial charge in [-0.2, -0.15) is 0 Å². The molecule has 0 spiro atoms. The Morgan fingerprint density at radius 3 is 1.90 bits per heavy atom. The average Bonchev–Trinajstić information content (AvgIpc) is 2.51. The van der Waals surface area contributed by atoms with Crippen LogP contribution >= 0.6 is 0 Å². The number of amides is 1. The first-order valence-corrected chi connectivity index (χ1v) is 9.45. The molecule has 0 saturated carbocycles. The van der Waals surface area contributed by atoms with Crippen LogP contribution in [-0.4, -0.2) is 60.8 Å². The molecule has 0 aromatic heterocycles. The van der Waals surface area contributed by atoms with E-state index in [1.165, 1.54) is 25.7 Å². The molecule has 6 nitrogen and oxygen atoms in total. The summed E-state index contributed by atoms with van der Waals surface area (Å²) in [6.07, 6.45) is -0.472. The van der Waals surface area contributed by atoms with Crippen LogP contribution in [0.1, 0.15) is 47.8 Å². The van der Waals surface area contributed by atoms with Crippen LogP contribution in [0.2, 0.25) is 0 Å². The normalized spacial score (nSPS) is 15.5. The lowest BCUT2D eigenvalue weighted by Crippen LogP contribution is -2.51. The van der Waals surface area contributed by atoms with Gasteiger partial charge in [-0.15, -0.1) is 0 Å². The van der Waals surface area contributed by atoms with Gasteiger partial charge in [-0.05, 0) is 47.1 Å². The van der Waals surface area contributed by atoms with Crippen LogP contribution in [-0.2, 0) is 4.74 Å². The van der Waals surface area contributed by atoms with Crippen LogP contribution in [0.4, 0.5) is 23.4 Å². The Hall–Kier alpha value is -2.39. The first-order chi connectivity index (χ1) is 13.1. The van der Waals surface area contributed by atoms with E-state index >= 15 is 0 Å². The summed E-state index contributed by atoms with van der Waals surface area (Å²) >= 11 is 0. The second-order valence-corrected chi connectivity index (χ2v) is 8.35. The third kappa shape index (κ3) is 4.79. The summed E-state index contributed by atoms with van der Waals surface area (Å²) in [5.41, 5.74) is -1.43. The summed E-state index contributed by atoms with van der Waals surface area (Å²) in [6.45, 7) is 5.13. The third-order valence-electron chi connectivity index (χ3n) is 5.06. The zero-order chi connectivity index (χ0) is 22.3. The van der Waals surface area contributed by atoms with Crippen molar-refractivity contribution in [2.24, 2.45) is 0 Å². The van der Waals surface area contributed by atoms with Crippen molar-refractivity contribution in [1.29, 1.82) is 0 Å². The lowest BCUT2D eigenvalue weighted by Gasteiger charge is -2.39. The molecule has 1 aromatic carbocycles. The molecule has 0 atom stereocenters. The standard InChI is InChI=1S/C19H27BF3N2O4/c1-11-14(17(26)27)12(2)16(13(3)15(11)20(21,22)23)24-7-9-25(10-8-24)18(28)29-19(4,5)6/h7-10H2,1-6H3,(H,26,27)/q-1. The number of ether oxygens (including phenoxy) is 1. The van der Waals surface area contributed by atoms with Gasteiger partial charge >= 0.3 is 19.0 Å². The van der Waals surface area contributed by atoms with E-state index in [-0.39, 0.29) is 48.6 Å². The molecule has 2 rings (SSSR count). The monoisotopic (exact) mass is 415 g/mol. The van der Waals surface area contributed by atoms with E-state index in [1.54, 1.807) is 25.7 Å². The minimum Gasteiger partial charge on any atom is -0.478 e. The average molecular weight is 415 g/mol. The molecule has 10 heteroatoms. The molecule has 1 aliphatic heterocycles. The molecule has 1 fully saturated rings. The molecule has 1 aromatic rings. The Balaban J connectivity index is 2.40. The van der Waals surface area contributed by atoms with Gasteiger partial charge in [0.15, 0.2) is 0 Å². The molecule has 0 radical (unpaired) electrons. The number of benzene rings is 1. The Bertz CT molecular complexity index is 826. The van der Waals surface area contributed by atoms with Crippen molar-refractivity contribution in [3.8, 4) is 0 Å². The molecule has 0 unspecified atom stereocenters. The fourth-order valence-corrected chi connectivity index (χ4v) is 3.95. The largest absolute Gasteiger partial charge is 0.510 e. The van der Waals surface area contributed by atoms with Crippen LogP contribution in [0.25, 0.3) is 0 Å². The van der Waals surface area contributed by atoms with Gasteiger partial charge in [0.25, 0.3) is 0 Å². The minimum absolute atomic E-state index is 0.0308. The van der Waals surface area contributed by atoms with Crippen molar-refractivity contribution in [2.75, 3.05) is 31.1 Å². The van der Waals surface area contributed by atoms with Crippen LogP contribution in [0.15, 0.2) is 0 Å². The Morgan fingerprint density at radius 2 is 1.48 bits per heavy atom. The number of carbonyl (C=O) groups excluding carboxylic acids is 1. The summed E-state index contributed by atoms with van der Waals surface area (Å²) in [5.74, 6) is -1.38. The molecular formula is C19H27BF3N2O4-. The minimum atomic E-state index is -5.38. The highest BCUT2D eigenvalue weighted by molar-refractivity contribution is 6.74. The molecule has 1 saturated heterocycles. The van der Waals surface area contributed by atoms with E-state index in [4.69, 9.17) is 4.74 Å². The first kappa shape index (κ1) is 22.9. The number of carboxylic acid groups (broad SMARTS) is 1. The number of nitrogens with zero attached hydrogens (tertiary/aromatic N) is 2. The molecule has 162 valence electrons. The number of aromatic carboxylic acids is 1. The summed E-state index contributed by atoms with van der Waals surface area (Å²) in [6, 6.07) is 0. The number of carbonyl (C=O) groups is 2. The first-order valence-electron chi connectivity index (χ1n) is 9.45. The second-order valence-electron chi connectivity index (χ2n) is 8.35. The molecule has 29 heavy (non-hydrogen) atoms. The lowest BCUT2D eigenvalue weighted by molar-refractivity contribution is 0.0240. The smallest absolute Gasteiger partial charge is 0.478 e. The zero-order valence-corrected chi connectivity index (χ0v) is 17.6. The Labute approximate surface area is 168 Å². The maximum absolute atomic E-state index is 13.7. The second kappa shape index (κ2) is 7.80. The predicted molar refractivity (Wildman–Crippen MR) is 106 cm³/mol. The van der Waals surface area contributed by atoms with E-state index in [0.717, 1.165) is 0 Å². The molecule has 1 aliphatic rings. The van der Waals surface area contributed by atoms with Crippen molar-refractivity contribution in [2.45, 2.75) is 47.1 Å². The van der Waals surface area contributed by atoms with E-state index in [2.05, 4.69) is 0 Å². The number of piperazine rings is 1. The van der Waals surface area contributed by atoms with Gasteiger partial charge in [-0.25, -0.2) is 9.59 Å². The molecular weight excluding hydrogens is 388 g/mol. The van der Waals surface area contributed by atoms with Gasteiger partial charge in [0, 0.05) is 31.9 Å². The molecule has 1 amide bonds. The number of carboxylic acids is 1. The van der Waals surface area contributed by atoms with Crippen LogP contribution in [0.3, 0.4) is 0 Å². The topological polar surface area (TPSA) is 70.1 Å². The van der Waals surface area contributed by atoms with Gasteiger partial charge in [-0.3, -0.25) is 0 Å². The van der Waals surface area contributed by atoms with Crippen molar-refractivity contribution < 1.29 is 32.4 Å². The number of rotatable bonds is 3. The van der Waals surface area contributed by atoms with Gasteiger partial charge < -0.3 is 32.6 Å². The van der Waals surface area contributed by atoms with Crippen LogP contribution in [0.5, 0.6) is 0 Å². The highest BCUT2D eigenvalue weighted by Gasteiger charge is 2.35. The van der Waals surface area contributed by atoms with Crippen molar-refractivity contribution in [3.05, 3.63) is 22.3 Å². The van der Waals surface area contributed by atoms with E-state index in [1.807, 2.05) is 0 Å².